The van der Waals surface area contributed by atoms with Crippen molar-refractivity contribution in [2.45, 2.75) is 31.5 Å². The number of carboxylic acid groups (broad SMARTS) is 1. The molecule has 4 nitrogen and oxygen atoms in total. The summed E-state index contributed by atoms with van der Waals surface area (Å²) in [5.41, 5.74) is 0. The fraction of sp³-hybridized carbons (Fsp3) is 0.600. The molecule has 0 aromatic rings. The highest BCUT2D eigenvalue weighted by Gasteiger charge is 2.37. The zero-order valence-corrected chi connectivity index (χ0v) is 8.83. The van der Waals surface area contributed by atoms with Gasteiger partial charge in [-0.15, -0.1) is 0 Å². The van der Waals surface area contributed by atoms with Crippen LogP contribution in [0.2, 0.25) is 0 Å². The van der Waals surface area contributed by atoms with Crippen molar-refractivity contribution in [3.05, 3.63) is 12.2 Å². The van der Waals surface area contributed by atoms with Crippen LogP contribution in [-0.4, -0.2) is 29.2 Å². The van der Waals surface area contributed by atoms with E-state index in [-0.39, 0.29) is 0 Å². The minimum atomic E-state index is -4.62. The largest absolute Gasteiger partial charge is 0.480 e. The van der Waals surface area contributed by atoms with Gasteiger partial charge in [-0.3, -0.25) is 4.79 Å². The predicted molar refractivity (Wildman–Crippen MR) is 52.1 cm³/mol. The van der Waals surface area contributed by atoms with E-state index in [2.05, 4.69) is 0 Å². The van der Waals surface area contributed by atoms with Gasteiger partial charge in [0.1, 0.15) is 6.04 Å². The van der Waals surface area contributed by atoms with Gasteiger partial charge >= 0.3 is 12.1 Å². The first kappa shape index (κ1) is 13.5. The predicted octanol–water partition coefficient (Wildman–Crippen LogP) is 1.47. The number of halogens is 3. The van der Waals surface area contributed by atoms with Crippen LogP contribution in [0.15, 0.2) is 12.2 Å². The van der Waals surface area contributed by atoms with E-state index < -0.39 is 36.4 Å². The summed E-state index contributed by atoms with van der Waals surface area (Å²) in [7, 11) is 0. The topological polar surface area (TPSA) is 66.4 Å². The van der Waals surface area contributed by atoms with Crippen molar-refractivity contribution < 1.29 is 27.9 Å². The lowest BCUT2D eigenvalue weighted by Crippen LogP contribution is -2.45. The monoisotopic (exact) mass is 251 g/mol. The number of aliphatic carboxylic acids is 1. The van der Waals surface area contributed by atoms with Gasteiger partial charge in [0.2, 0.25) is 5.91 Å². The third-order valence-corrected chi connectivity index (χ3v) is 2.43. The molecule has 17 heavy (non-hydrogen) atoms. The molecule has 7 heteroatoms. The quantitative estimate of drug-likeness (QED) is 0.743. The second kappa shape index (κ2) is 5.20. The van der Waals surface area contributed by atoms with Crippen LogP contribution in [0.1, 0.15) is 19.3 Å². The molecule has 0 aliphatic heterocycles. The highest BCUT2D eigenvalue weighted by molar-refractivity contribution is 5.85. The summed E-state index contributed by atoms with van der Waals surface area (Å²) in [6, 6.07) is -1.91. The molecule has 2 N–H and O–H groups in total. The second-order valence-electron chi connectivity index (χ2n) is 3.86. The third kappa shape index (κ3) is 4.46. The number of carbonyl (C=O) groups is 2. The van der Waals surface area contributed by atoms with Crippen molar-refractivity contribution in [1.82, 2.24) is 5.32 Å². The average molecular weight is 251 g/mol. The highest BCUT2D eigenvalue weighted by atomic mass is 19.4. The van der Waals surface area contributed by atoms with Gasteiger partial charge in [0.25, 0.3) is 0 Å². The summed E-state index contributed by atoms with van der Waals surface area (Å²) in [5, 5.41) is 10.5. The maximum absolute atomic E-state index is 12.1. The standard InChI is InChI=1S/C10H12F3NO3/c11-10(12,13)5-7(9(16)17)14-8(15)6-3-1-2-4-6/h1-2,6-7H,3-5H2,(H,14,15)(H,16,17). The molecule has 0 bridgehead atoms. The lowest BCUT2D eigenvalue weighted by atomic mass is 10.1. The van der Waals surface area contributed by atoms with E-state index in [1.54, 1.807) is 12.2 Å². The minimum Gasteiger partial charge on any atom is -0.480 e. The Kier molecular flexibility index (Phi) is 4.14. The van der Waals surface area contributed by atoms with Gasteiger partial charge in [-0.2, -0.15) is 13.2 Å². The van der Waals surface area contributed by atoms with Crippen molar-refractivity contribution in [1.29, 1.82) is 0 Å². The summed E-state index contributed by atoms with van der Waals surface area (Å²) in [6.45, 7) is 0. The molecule has 96 valence electrons. The smallest absolute Gasteiger partial charge is 0.391 e. The number of rotatable bonds is 4. The Morgan fingerprint density at radius 3 is 2.29 bits per heavy atom. The molecule has 0 radical (unpaired) electrons. The van der Waals surface area contributed by atoms with Crippen molar-refractivity contribution in [2.24, 2.45) is 5.92 Å². The van der Waals surface area contributed by atoms with Crippen molar-refractivity contribution in [3.63, 3.8) is 0 Å². The summed E-state index contributed by atoms with van der Waals surface area (Å²) in [6.07, 6.45) is -1.83. The Morgan fingerprint density at radius 1 is 1.35 bits per heavy atom. The van der Waals surface area contributed by atoms with Gasteiger partial charge in [0.05, 0.1) is 6.42 Å². The van der Waals surface area contributed by atoms with Crippen LogP contribution < -0.4 is 5.32 Å². The lowest BCUT2D eigenvalue weighted by Gasteiger charge is -2.18. The Labute approximate surface area is 95.5 Å². The van der Waals surface area contributed by atoms with Crippen LogP contribution in [0.5, 0.6) is 0 Å². The molecule has 0 aromatic carbocycles. The van der Waals surface area contributed by atoms with E-state index in [9.17, 15) is 22.8 Å². The van der Waals surface area contributed by atoms with Gasteiger partial charge in [-0.1, -0.05) is 12.2 Å². The van der Waals surface area contributed by atoms with Gasteiger partial charge in [-0.05, 0) is 12.8 Å². The minimum absolute atomic E-state index is 0.435. The van der Waals surface area contributed by atoms with Crippen LogP contribution in [0.25, 0.3) is 0 Å². The second-order valence-corrected chi connectivity index (χ2v) is 3.86. The van der Waals surface area contributed by atoms with Crippen LogP contribution in [0, 0.1) is 5.92 Å². The van der Waals surface area contributed by atoms with E-state index in [1.807, 2.05) is 5.32 Å². The highest BCUT2D eigenvalue weighted by Crippen LogP contribution is 2.23. The molecular formula is C10H12F3NO3. The van der Waals surface area contributed by atoms with E-state index in [0.717, 1.165) is 0 Å². The van der Waals surface area contributed by atoms with Crippen LogP contribution >= 0.6 is 0 Å². The molecule has 0 saturated heterocycles. The molecule has 0 heterocycles. The first-order chi connectivity index (χ1) is 7.79. The molecule has 1 aliphatic carbocycles. The van der Waals surface area contributed by atoms with E-state index >= 15 is 0 Å². The van der Waals surface area contributed by atoms with Gasteiger partial charge in [0, 0.05) is 5.92 Å². The van der Waals surface area contributed by atoms with Gasteiger partial charge in [0.15, 0.2) is 0 Å². The SMILES string of the molecule is O=C(NC(CC(F)(F)F)C(=O)O)C1CC=CC1. The third-order valence-electron chi connectivity index (χ3n) is 2.43. The number of alkyl halides is 3. The van der Waals surface area contributed by atoms with Crippen molar-refractivity contribution >= 4 is 11.9 Å². The summed E-state index contributed by atoms with van der Waals surface area (Å²) >= 11 is 0. The van der Waals surface area contributed by atoms with E-state index in [0.29, 0.717) is 12.8 Å². The van der Waals surface area contributed by atoms with E-state index in [4.69, 9.17) is 5.11 Å². The lowest BCUT2D eigenvalue weighted by molar-refractivity contribution is -0.160. The van der Waals surface area contributed by atoms with Gasteiger partial charge in [-0.25, -0.2) is 4.79 Å². The zero-order valence-electron chi connectivity index (χ0n) is 8.83. The first-order valence-electron chi connectivity index (χ1n) is 5.04. The van der Waals surface area contributed by atoms with Crippen molar-refractivity contribution in [3.8, 4) is 0 Å². The molecular weight excluding hydrogens is 239 g/mol. The number of amides is 1. The molecule has 1 unspecified atom stereocenters. The summed E-state index contributed by atoms with van der Waals surface area (Å²) in [4.78, 5) is 22.1. The molecule has 1 rings (SSSR count). The number of hydrogen-bond acceptors (Lipinski definition) is 2. The Balaban J connectivity index is 2.54. The Hall–Kier alpha value is -1.53. The first-order valence-corrected chi connectivity index (χ1v) is 5.04. The molecule has 0 fully saturated rings. The van der Waals surface area contributed by atoms with Gasteiger partial charge < -0.3 is 10.4 Å². The molecule has 1 atom stereocenters. The molecule has 0 saturated carbocycles. The molecule has 1 amide bonds. The van der Waals surface area contributed by atoms with Crippen LogP contribution in [0.3, 0.4) is 0 Å². The normalized spacial score (nSPS) is 18.1. The van der Waals surface area contributed by atoms with Crippen LogP contribution in [0.4, 0.5) is 13.2 Å². The molecule has 1 aliphatic rings. The van der Waals surface area contributed by atoms with Crippen LogP contribution in [-0.2, 0) is 9.59 Å². The Morgan fingerprint density at radius 2 is 1.88 bits per heavy atom. The number of carboxylic acids is 1. The Bertz CT molecular complexity index is 330. The molecule has 0 spiro atoms. The van der Waals surface area contributed by atoms with E-state index in [1.165, 1.54) is 0 Å². The summed E-state index contributed by atoms with van der Waals surface area (Å²) in [5.74, 6) is -2.78. The number of hydrogen-bond donors (Lipinski definition) is 2. The number of nitrogens with one attached hydrogen (secondary N) is 1. The summed E-state index contributed by atoms with van der Waals surface area (Å²) < 4.78 is 36.2. The molecule has 0 aromatic heterocycles. The van der Waals surface area contributed by atoms with Crippen molar-refractivity contribution in [2.75, 3.05) is 0 Å². The maximum Gasteiger partial charge on any atom is 0.391 e. The number of carbonyl (C=O) groups excluding carboxylic acids is 1. The fourth-order valence-electron chi connectivity index (χ4n) is 1.55. The fourth-order valence-corrected chi connectivity index (χ4v) is 1.55. The maximum atomic E-state index is 12.1. The zero-order chi connectivity index (χ0) is 13.1. The average Bonchev–Trinajstić information content (AvgIpc) is 2.66. The number of allylic oxidation sites excluding steroid dienone is 2.